The first-order chi connectivity index (χ1) is 18.4. The van der Waals surface area contributed by atoms with Crippen LogP contribution in [0.4, 0.5) is 24.8 Å². The zero-order valence-corrected chi connectivity index (χ0v) is 22.5. The van der Waals surface area contributed by atoms with Gasteiger partial charge >= 0.3 is 6.18 Å². The Morgan fingerprint density at radius 3 is 2.46 bits per heavy atom. The third-order valence-electron chi connectivity index (χ3n) is 5.90. The van der Waals surface area contributed by atoms with E-state index >= 15 is 0 Å². The van der Waals surface area contributed by atoms with Crippen molar-refractivity contribution >= 4 is 46.4 Å². The second-order valence-electron chi connectivity index (χ2n) is 8.73. The fourth-order valence-corrected chi connectivity index (χ4v) is 4.81. The predicted molar refractivity (Wildman–Crippen MR) is 141 cm³/mol. The van der Waals surface area contributed by atoms with E-state index in [2.05, 4.69) is 46.9 Å². The summed E-state index contributed by atoms with van der Waals surface area (Å²) in [5.41, 5.74) is 0.0715. The third kappa shape index (κ3) is 6.81. The van der Waals surface area contributed by atoms with Crippen molar-refractivity contribution in [2.75, 3.05) is 36.4 Å². The van der Waals surface area contributed by atoms with Crippen LogP contribution in [0.1, 0.15) is 50.6 Å². The topological polar surface area (TPSA) is 116 Å². The molecule has 3 aromatic heterocycles. The molecule has 15 heteroatoms. The molecule has 2 amide bonds. The molecule has 1 fully saturated rings. The van der Waals surface area contributed by atoms with E-state index in [1.807, 2.05) is 6.92 Å². The summed E-state index contributed by atoms with van der Waals surface area (Å²) in [6.45, 7) is 10.7. The predicted octanol–water partition coefficient (Wildman–Crippen LogP) is 4.40. The number of amides is 2. The number of carbonyl (C=O) groups is 2. The summed E-state index contributed by atoms with van der Waals surface area (Å²) in [6.07, 6.45) is -1.28. The number of nitrogens with one attached hydrogen (secondary N) is 2. The normalized spacial score (nSPS) is 14.6. The van der Waals surface area contributed by atoms with Gasteiger partial charge in [-0.1, -0.05) is 18.2 Å². The Labute approximate surface area is 230 Å². The molecule has 1 aliphatic rings. The minimum atomic E-state index is -4.70. The summed E-state index contributed by atoms with van der Waals surface area (Å²) in [7, 11) is 0. The summed E-state index contributed by atoms with van der Waals surface area (Å²) >= 11 is 6.55. The van der Waals surface area contributed by atoms with E-state index in [0.717, 1.165) is 49.4 Å². The van der Waals surface area contributed by atoms with Crippen LogP contribution in [0.3, 0.4) is 0 Å². The van der Waals surface area contributed by atoms with E-state index in [-0.39, 0.29) is 16.4 Å². The first-order valence-corrected chi connectivity index (χ1v) is 12.9. The van der Waals surface area contributed by atoms with Crippen LogP contribution in [0, 0.1) is 0 Å². The number of rotatable bonds is 7. The first-order valence-electron chi connectivity index (χ1n) is 11.7. The minimum absolute atomic E-state index is 0.120. The number of hydrogen-bond acceptors (Lipinski definition) is 9. The summed E-state index contributed by atoms with van der Waals surface area (Å²) < 4.78 is 39.2. The Morgan fingerprint density at radius 1 is 1.08 bits per heavy atom. The Hall–Kier alpha value is -3.78. The van der Waals surface area contributed by atoms with E-state index < -0.39 is 34.6 Å². The van der Waals surface area contributed by atoms with Crippen LogP contribution in [0.2, 0.25) is 5.02 Å². The van der Waals surface area contributed by atoms with Gasteiger partial charge in [-0.2, -0.15) is 13.2 Å². The lowest BCUT2D eigenvalue weighted by Crippen LogP contribution is -2.45. The number of anilines is 2. The van der Waals surface area contributed by atoms with Crippen molar-refractivity contribution in [3.8, 4) is 0 Å². The number of nitrogens with zero attached hydrogens (tertiary/aromatic N) is 6. The van der Waals surface area contributed by atoms with Gasteiger partial charge in [0.1, 0.15) is 33.5 Å². The van der Waals surface area contributed by atoms with Gasteiger partial charge < -0.3 is 20.4 Å². The lowest BCUT2D eigenvalue weighted by atomic mass is 10.2. The van der Waals surface area contributed by atoms with Gasteiger partial charge in [-0.05, 0) is 19.9 Å². The maximum Gasteiger partial charge on any atom is 0.418 e. The average molecular weight is 581 g/mol. The van der Waals surface area contributed by atoms with Crippen molar-refractivity contribution < 1.29 is 22.8 Å². The van der Waals surface area contributed by atoms with Gasteiger partial charge in [0.2, 0.25) is 0 Å². The van der Waals surface area contributed by atoms with E-state index in [1.165, 1.54) is 12.5 Å². The van der Waals surface area contributed by atoms with Crippen molar-refractivity contribution in [3.63, 3.8) is 0 Å². The molecule has 0 aliphatic carbocycles. The van der Waals surface area contributed by atoms with Crippen molar-refractivity contribution in [2.24, 2.45) is 0 Å². The molecular formula is C24H24ClF3N8O2S. The second-order valence-corrected chi connectivity index (χ2v) is 10.2. The number of aromatic nitrogens is 4. The lowest BCUT2D eigenvalue weighted by molar-refractivity contribution is -0.137. The Kier molecular flexibility index (Phi) is 8.35. The maximum atomic E-state index is 13.1. The molecule has 0 bridgehead atoms. The van der Waals surface area contributed by atoms with Gasteiger partial charge in [-0.3, -0.25) is 9.59 Å². The molecule has 0 spiro atoms. The van der Waals surface area contributed by atoms with Gasteiger partial charge in [0, 0.05) is 44.1 Å². The van der Waals surface area contributed by atoms with Crippen molar-refractivity contribution in [3.05, 3.63) is 69.3 Å². The molecule has 1 saturated heterocycles. The molecule has 1 aliphatic heterocycles. The van der Waals surface area contributed by atoms with E-state index in [1.54, 1.807) is 13.0 Å². The number of carbonyl (C=O) groups excluding carboxylic acids is 2. The molecule has 3 aromatic rings. The number of hydrogen-bond donors (Lipinski definition) is 2. The second kappa shape index (κ2) is 11.5. The Bertz CT molecular complexity index is 1390. The van der Waals surface area contributed by atoms with Crippen LogP contribution >= 0.6 is 22.9 Å². The molecule has 10 nitrogen and oxygen atoms in total. The fourth-order valence-electron chi connectivity index (χ4n) is 3.79. The van der Waals surface area contributed by atoms with Crippen LogP contribution in [-0.2, 0) is 6.18 Å². The smallest absolute Gasteiger partial charge is 0.372 e. The number of pyridine rings is 1. The molecule has 2 N–H and O–H groups in total. The van der Waals surface area contributed by atoms with Crippen LogP contribution in [-0.4, -0.2) is 62.8 Å². The molecule has 0 aromatic carbocycles. The number of allylic oxidation sites excluding steroid dienone is 1. The average Bonchev–Trinajstić information content (AvgIpc) is 3.40. The van der Waals surface area contributed by atoms with Gasteiger partial charge in [-0.15, -0.1) is 11.3 Å². The van der Waals surface area contributed by atoms with Crippen LogP contribution in [0.5, 0.6) is 0 Å². The Morgan fingerprint density at radius 2 is 1.79 bits per heavy atom. The van der Waals surface area contributed by atoms with E-state index in [9.17, 15) is 22.8 Å². The van der Waals surface area contributed by atoms with Crippen LogP contribution in [0.25, 0.3) is 0 Å². The number of halogens is 4. The quantitative estimate of drug-likeness (QED) is 0.422. The highest BCUT2D eigenvalue weighted by molar-refractivity contribution is 7.13. The lowest BCUT2D eigenvalue weighted by Gasteiger charge is -2.36. The zero-order chi connectivity index (χ0) is 28.3. The molecule has 4 rings (SSSR count). The first kappa shape index (κ1) is 28.2. The van der Waals surface area contributed by atoms with Gasteiger partial charge in [0.15, 0.2) is 0 Å². The van der Waals surface area contributed by atoms with Gasteiger partial charge in [0.05, 0.1) is 22.8 Å². The SMILES string of the molecule is C=C(C)N1CCN(c2cc(C(=O)NC(C)c3ncc(C(=O)Nc4cc(C(F)(F)F)c(Cl)cn4)s3)ncn2)CC1. The summed E-state index contributed by atoms with van der Waals surface area (Å²) in [6, 6.07) is 1.70. The maximum absolute atomic E-state index is 13.1. The molecule has 0 saturated carbocycles. The zero-order valence-electron chi connectivity index (χ0n) is 20.9. The van der Waals surface area contributed by atoms with Crippen molar-refractivity contribution in [1.82, 2.24) is 30.2 Å². The standard InChI is InChI=1S/C24H24ClF3N8O2S/c1-13(2)35-4-6-36(7-5-35)20-9-17(31-12-32-20)21(37)33-14(3)23-30-11-18(39-23)22(38)34-19-8-15(24(26,27)28)16(25)10-29-19/h8-12,14H,1,4-7H2,2-3H3,(H,33,37)(H,29,34,38). The highest BCUT2D eigenvalue weighted by Crippen LogP contribution is 2.35. The number of alkyl halides is 3. The van der Waals surface area contributed by atoms with E-state index in [0.29, 0.717) is 16.9 Å². The monoisotopic (exact) mass is 580 g/mol. The highest BCUT2D eigenvalue weighted by Gasteiger charge is 2.34. The summed E-state index contributed by atoms with van der Waals surface area (Å²) in [5.74, 6) is -0.819. The molecule has 39 heavy (non-hydrogen) atoms. The summed E-state index contributed by atoms with van der Waals surface area (Å²) in [5, 5.41) is 4.94. The van der Waals surface area contributed by atoms with Crippen molar-refractivity contribution in [2.45, 2.75) is 26.1 Å². The largest absolute Gasteiger partial charge is 0.418 e. The molecule has 1 unspecified atom stereocenters. The minimum Gasteiger partial charge on any atom is -0.372 e. The van der Waals surface area contributed by atoms with Crippen molar-refractivity contribution in [1.29, 1.82) is 0 Å². The van der Waals surface area contributed by atoms with Crippen LogP contribution in [0.15, 0.2) is 43.1 Å². The Balaban J connectivity index is 1.38. The molecule has 0 radical (unpaired) electrons. The highest BCUT2D eigenvalue weighted by atomic mass is 35.5. The summed E-state index contributed by atoms with van der Waals surface area (Å²) in [4.78, 5) is 46.1. The third-order valence-corrected chi connectivity index (χ3v) is 7.38. The van der Waals surface area contributed by atoms with Crippen LogP contribution < -0.4 is 15.5 Å². The van der Waals surface area contributed by atoms with Gasteiger partial charge in [-0.25, -0.2) is 19.9 Å². The molecule has 4 heterocycles. The van der Waals surface area contributed by atoms with E-state index in [4.69, 9.17) is 11.6 Å². The molecule has 206 valence electrons. The molecular weight excluding hydrogens is 557 g/mol. The van der Waals surface area contributed by atoms with Gasteiger partial charge in [0.25, 0.3) is 11.8 Å². The fraction of sp³-hybridized carbons (Fsp3) is 0.333. The number of piperazine rings is 1. The number of thiazole rings is 1. The molecule has 1 atom stereocenters.